The number of hydrogen-bond acceptors (Lipinski definition) is 2. The lowest BCUT2D eigenvalue weighted by Gasteiger charge is -2.05. The topological polar surface area (TPSA) is 37.9 Å². The first-order valence-electron chi connectivity index (χ1n) is 5.67. The van der Waals surface area contributed by atoms with Crippen molar-refractivity contribution in [1.82, 2.24) is 4.57 Å². The summed E-state index contributed by atoms with van der Waals surface area (Å²) in [5.41, 5.74) is 3.63. The molecule has 0 aliphatic carbocycles. The molecule has 0 fully saturated rings. The predicted octanol–water partition coefficient (Wildman–Crippen LogP) is 2.95. The van der Waals surface area contributed by atoms with Gasteiger partial charge in [0.25, 0.3) is 0 Å². The van der Waals surface area contributed by atoms with Gasteiger partial charge in [-0.05, 0) is 36.6 Å². The van der Waals surface area contributed by atoms with E-state index in [1.54, 1.807) is 7.11 Å². The van der Waals surface area contributed by atoms with E-state index in [0.717, 1.165) is 12.2 Å². The molecule has 0 radical (unpaired) electrons. The van der Waals surface area contributed by atoms with Gasteiger partial charge in [0.1, 0.15) is 5.75 Å². The fraction of sp³-hybridized carbons (Fsp3) is 0.357. The SMILES string of the molecule is COc1cc(C)c2c(c1)c(CCC#N)cn2C. The quantitative estimate of drug-likeness (QED) is 0.810. The number of fused-ring (bicyclic) bond motifs is 1. The number of nitriles is 1. The summed E-state index contributed by atoms with van der Waals surface area (Å²) in [6.45, 7) is 2.08. The Balaban J connectivity index is 2.62. The highest BCUT2D eigenvalue weighted by atomic mass is 16.5. The van der Waals surface area contributed by atoms with Gasteiger partial charge < -0.3 is 9.30 Å². The molecule has 0 unspecified atom stereocenters. The number of nitrogens with zero attached hydrogens (tertiary/aromatic N) is 2. The molecular weight excluding hydrogens is 212 g/mol. The van der Waals surface area contributed by atoms with Crippen LogP contribution < -0.4 is 4.74 Å². The van der Waals surface area contributed by atoms with E-state index in [1.807, 2.05) is 13.1 Å². The molecule has 3 heteroatoms. The zero-order chi connectivity index (χ0) is 12.4. The van der Waals surface area contributed by atoms with Gasteiger partial charge in [0.2, 0.25) is 0 Å². The van der Waals surface area contributed by atoms with Gasteiger partial charge in [0.05, 0.1) is 18.7 Å². The van der Waals surface area contributed by atoms with Crippen molar-refractivity contribution in [3.63, 3.8) is 0 Å². The minimum Gasteiger partial charge on any atom is -0.497 e. The molecule has 0 saturated carbocycles. The molecule has 3 nitrogen and oxygen atoms in total. The molecule has 1 heterocycles. The maximum absolute atomic E-state index is 8.68. The van der Waals surface area contributed by atoms with Crippen LogP contribution >= 0.6 is 0 Å². The van der Waals surface area contributed by atoms with E-state index in [1.165, 1.54) is 22.0 Å². The molecule has 0 N–H and O–H groups in total. The van der Waals surface area contributed by atoms with Gasteiger partial charge in [-0.1, -0.05) is 0 Å². The number of ether oxygens (including phenoxy) is 1. The highest BCUT2D eigenvalue weighted by Gasteiger charge is 2.10. The van der Waals surface area contributed by atoms with Gasteiger partial charge in [-0.3, -0.25) is 0 Å². The number of aryl methyl sites for hydroxylation is 3. The molecule has 0 aliphatic rings. The van der Waals surface area contributed by atoms with Crippen LogP contribution in [0.25, 0.3) is 10.9 Å². The maximum atomic E-state index is 8.68. The monoisotopic (exact) mass is 228 g/mol. The highest BCUT2D eigenvalue weighted by molar-refractivity contribution is 5.88. The Bertz CT molecular complexity index is 590. The summed E-state index contributed by atoms with van der Waals surface area (Å²) in [7, 11) is 3.72. The van der Waals surface area contributed by atoms with Gasteiger partial charge in [-0.2, -0.15) is 5.26 Å². The van der Waals surface area contributed by atoms with Crippen molar-refractivity contribution in [3.8, 4) is 11.8 Å². The Labute approximate surface area is 101 Å². The second-order valence-electron chi connectivity index (χ2n) is 4.26. The van der Waals surface area contributed by atoms with Crippen LogP contribution in [0.3, 0.4) is 0 Å². The minimum atomic E-state index is 0.551. The van der Waals surface area contributed by atoms with E-state index in [2.05, 4.69) is 29.8 Å². The fourth-order valence-corrected chi connectivity index (χ4v) is 2.33. The van der Waals surface area contributed by atoms with Crippen LogP contribution in [0.15, 0.2) is 18.3 Å². The lowest BCUT2D eigenvalue weighted by molar-refractivity contribution is 0.415. The van der Waals surface area contributed by atoms with E-state index in [-0.39, 0.29) is 0 Å². The lowest BCUT2D eigenvalue weighted by atomic mass is 10.1. The number of benzene rings is 1. The lowest BCUT2D eigenvalue weighted by Crippen LogP contribution is -1.89. The molecule has 0 atom stereocenters. The Hall–Kier alpha value is -1.95. The third kappa shape index (κ3) is 1.99. The van der Waals surface area contributed by atoms with Crippen molar-refractivity contribution in [3.05, 3.63) is 29.5 Å². The van der Waals surface area contributed by atoms with E-state index in [4.69, 9.17) is 10.00 Å². The van der Waals surface area contributed by atoms with Crippen LogP contribution in [0.2, 0.25) is 0 Å². The summed E-state index contributed by atoms with van der Waals surface area (Å²) in [5, 5.41) is 9.87. The van der Waals surface area contributed by atoms with E-state index < -0.39 is 0 Å². The standard InChI is InChI=1S/C14H16N2O/c1-10-7-12(17-3)8-13-11(5-4-6-15)9-16(2)14(10)13/h7-9H,4-5H2,1-3H3. The molecule has 2 rings (SSSR count). The Morgan fingerprint density at radius 2 is 2.18 bits per heavy atom. The zero-order valence-electron chi connectivity index (χ0n) is 10.4. The molecule has 1 aromatic heterocycles. The molecule has 17 heavy (non-hydrogen) atoms. The normalized spacial score (nSPS) is 10.5. The van der Waals surface area contributed by atoms with Gasteiger partial charge >= 0.3 is 0 Å². The van der Waals surface area contributed by atoms with Crippen molar-refractivity contribution in [2.24, 2.45) is 7.05 Å². The summed E-state index contributed by atoms with van der Waals surface area (Å²) in [6.07, 6.45) is 3.45. The Morgan fingerprint density at radius 3 is 2.82 bits per heavy atom. The number of rotatable bonds is 3. The molecule has 88 valence electrons. The molecule has 0 aliphatic heterocycles. The van der Waals surface area contributed by atoms with Crippen molar-refractivity contribution < 1.29 is 4.74 Å². The van der Waals surface area contributed by atoms with Gasteiger partial charge in [0.15, 0.2) is 0 Å². The van der Waals surface area contributed by atoms with Crippen LogP contribution in [-0.2, 0) is 13.5 Å². The molecule has 0 amide bonds. The van der Waals surface area contributed by atoms with Crippen molar-refractivity contribution in [2.75, 3.05) is 7.11 Å². The first-order chi connectivity index (χ1) is 8.17. The minimum absolute atomic E-state index is 0.551. The van der Waals surface area contributed by atoms with E-state index >= 15 is 0 Å². The second-order valence-corrected chi connectivity index (χ2v) is 4.26. The number of hydrogen-bond donors (Lipinski definition) is 0. The maximum Gasteiger partial charge on any atom is 0.119 e. The zero-order valence-corrected chi connectivity index (χ0v) is 10.4. The van der Waals surface area contributed by atoms with Crippen LogP contribution in [0.1, 0.15) is 17.5 Å². The van der Waals surface area contributed by atoms with Crippen molar-refractivity contribution in [2.45, 2.75) is 19.8 Å². The Morgan fingerprint density at radius 1 is 1.41 bits per heavy atom. The fourth-order valence-electron chi connectivity index (χ4n) is 2.33. The highest BCUT2D eigenvalue weighted by Crippen LogP contribution is 2.29. The number of aromatic nitrogens is 1. The first-order valence-corrected chi connectivity index (χ1v) is 5.67. The summed E-state index contributed by atoms with van der Waals surface area (Å²) < 4.78 is 7.42. The van der Waals surface area contributed by atoms with Crippen LogP contribution in [0.5, 0.6) is 5.75 Å². The second kappa shape index (κ2) is 4.50. The largest absolute Gasteiger partial charge is 0.497 e. The molecule has 2 aromatic rings. The van der Waals surface area contributed by atoms with E-state index in [9.17, 15) is 0 Å². The molecule has 0 saturated heterocycles. The third-order valence-corrected chi connectivity index (χ3v) is 3.06. The Kier molecular flexibility index (Phi) is 3.06. The van der Waals surface area contributed by atoms with Crippen molar-refractivity contribution in [1.29, 1.82) is 5.26 Å². The van der Waals surface area contributed by atoms with Gasteiger partial charge in [-0.15, -0.1) is 0 Å². The van der Waals surface area contributed by atoms with Gasteiger partial charge in [-0.25, -0.2) is 0 Å². The molecule has 1 aromatic carbocycles. The predicted molar refractivity (Wildman–Crippen MR) is 68.1 cm³/mol. The van der Waals surface area contributed by atoms with Crippen molar-refractivity contribution >= 4 is 10.9 Å². The van der Waals surface area contributed by atoms with Gasteiger partial charge in [0, 0.05) is 25.1 Å². The van der Waals surface area contributed by atoms with Crippen LogP contribution in [0.4, 0.5) is 0 Å². The third-order valence-electron chi connectivity index (χ3n) is 3.06. The smallest absolute Gasteiger partial charge is 0.119 e. The summed E-state index contributed by atoms with van der Waals surface area (Å²) >= 11 is 0. The molecular formula is C14H16N2O. The summed E-state index contributed by atoms with van der Waals surface area (Å²) in [6, 6.07) is 6.28. The van der Waals surface area contributed by atoms with E-state index in [0.29, 0.717) is 6.42 Å². The molecule has 0 spiro atoms. The first kappa shape index (κ1) is 11.5. The van der Waals surface area contributed by atoms with Crippen LogP contribution in [0, 0.1) is 18.3 Å². The van der Waals surface area contributed by atoms with Crippen LogP contribution in [-0.4, -0.2) is 11.7 Å². The average molecular weight is 228 g/mol. The molecule has 0 bridgehead atoms. The number of methoxy groups -OCH3 is 1. The average Bonchev–Trinajstić information content (AvgIpc) is 2.63. The summed E-state index contributed by atoms with van der Waals surface area (Å²) in [4.78, 5) is 0. The summed E-state index contributed by atoms with van der Waals surface area (Å²) in [5.74, 6) is 0.874.